The fourth-order valence-electron chi connectivity index (χ4n) is 0. The summed E-state index contributed by atoms with van der Waals surface area (Å²) in [6.07, 6.45) is 0.250. The van der Waals surface area contributed by atoms with Crippen molar-refractivity contribution in [1.82, 2.24) is 0 Å². The number of hydrogen-bond donors (Lipinski definition) is 0. The molecule has 0 aromatic carbocycles. The van der Waals surface area contributed by atoms with Gasteiger partial charge in [0.05, 0.1) is 0 Å². The molecule has 0 radical (unpaired) electrons. The molecule has 0 aromatic rings. The number of rotatable bonds is 0. The molecule has 52 valence electrons. The van der Waals surface area contributed by atoms with Crippen LogP contribution >= 0.6 is 0 Å². The zero-order valence-electron chi connectivity index (χ0n) is 4.81. The molecule has 0 amide bonds. The van der Waals surface area contributed by atoms with E-state index in [2.05, 4.69) is 0 Å². The molecular weight excluding hydrogens is 319 g/mol. The van der Waals surface area contributed by atoms with Crippen molar-refractivity contribution in [2.45, 2.75) is 0 Å². The summed E-state index contributed by atoms with van der Waals surface area (Å²) in [5.41, 5.74) is 0. The molecule has 0 spiro atoms. The Morgan fingerprint density at radius 2 is 1.00 bits per heavy atom. The molecule has 0 bridgehead atoms. The van der Waals surface area contributed by atoms with Gasteiger partial charge in [-0.2, -0.15) is 9.59 Å². The third kappa shape index (κ3) is 5270. The van der Waals surface area contributed by atoms with E-state index in [-0.39, 0.29) is 25.6 Å². The van der Waals surface area contributed by atoms with Crippen molar-refractivity contribution in [1.29, 1.82) is 0 Å². The van der Waals surface area contributed by atoms with E-state index in [0.717, 1.165) is 0 Å². The predicted octanol–water partition coefficient (Wildman–Crippen LogP) is -4.50. The maximum atomic E-state index is 8.53. The summed E-state index contributed by atoms with van der Waals surface area (Å²) in [4.78, 5) is 16.2. The molecule has 0 fully saturated rings. The molecule has 0 rings (SSSR count). The molecule has 0 heterocycles. The summed E-state index contributed by atoms with van der Waals surface area (Å²) >= 11 is -4.38. The van der Waals surface area contributed by atoms with Crippen LogP contribution < -0.4 is 8.27 Å². The van der Waals surface area contributed by atoms with Crippen molar-refractivity contribution in [2.24, 2.45) is 0 Å². The van der Waals surface area contributed by atoms with Crippen molar-refractivity contribution in [2.75, 3.05) is 0 Å². The van der Waals surface area contributed by atoms with E-state index in [1.54, 1.807) is 0 Å². The Kier molecular flexibility index (Phi) is 132. The Balaban J connectivity index is -0.0000000257. The van der Waals surface area contributed by atoms with Crippen LogP contribution in [0.15, 0.2) is 0 Å². The first kappa shape index (κ1) is 22.4. The van der Waals surface area contributed by atoms with Gasteiger partial charge in [0.15, 0.2) is 0 Å². The molecule has 0 atom stereocenters. The minimum absolute atomic E-state index is 0. The SMILES string of the molecule is O=C=O.[O]=[GeH][O-].[O]=[GeH][O-].[Zn+2]. The van der Waals surface area contributed by atoms with Crippen LogP contribution in [0.4, 0.5) is 0 Å². The smallest absolute Gasteiger partial charge is 2.00 e. The predicted molar refractivity (Wildman–Crippen MR) is 20.7 cm³/mol. The monoisotopic (exact) mass is 322 g/mol. The Bertz CT molecular complexity index is 81.7. The van der Waals surface area contributed by atoms with Gasteiger partial charge < -0.3 is 0 Å². The van der Waals surface area contributed by atoms with Crippen molar-refractivity contribution < 1.29 is 44.9 Å². The van der Waals surface area contributed by atoms with Crippen LogP contribution in [0, 0.1) is 0 Å². The Hall–Kier alpha value is 0.289. The topological polar surface area (TPSA) is 114 Å². The Morgan fingerprint density at radius 3 is 1.00 bits per heavy atom. The number of hydrogen-bond acceptors (Lipinski definition) is 6. The van der Waals surface area contributed by atoms with Crippen LogP contribution in [0.2, 0.25) is 0 Å². The molecule has 6 nitrogen and oxygen atoms in total. The first-order chi connectivity index (χ1) is 4.24. The standard InChI is InChI=1S/CO2.2GeHO2.Zn/c3*2-1-3;/h;2*1H;/q;2*-1;+2. The quantitative estimate of drug-likeness (QED) is 0.416. The molecule has 9 heteroatoms. The molecule has 0 saturated carbocycles. The van der Waals surface area contributed by atoms with Crippen molar-refractivity contribution in [3.05, 3.63) is 0 Å². The van der Waals surface area contributed by atoms with Gasteiger partial charge in [-0.1, -0.05) is 0 Å². The second kappa shape index (κ2) is 59.0. The Labute approximate surface area is 82.2 Å². The van der Waals surface area contributed by atoms with Crippen LogP contribution in [0.5, 0.6) is 0 Å². The largest absolute Gasteiger partial charge is 2.00 e. The van der Waals surface area contributed by atoms with Gasteiger partial charge in [-0.25, -0.2) is 0 Å². The molecule has 0 unspecified atom stereocenters. The van der Waals surface area contributed by atoms with E-state index in [1.807, 2.05) is 0 Å². The summed E-state index contributed by atoms with van der Waals surface area (Å²) in [5, 5.41) is 0. The average molecular weight is 321 g/mol. The summed E-state index contributed by atoms with van der Waals surface area (Å²) in [5.74, 6) is 0. The van der Waals surface area contributed by atoms with Gasteiger partial charge >= 0.3 is 72.9 Å². The third-order valence-electron chi connectivity index (χ3n) is 0. The molecular formula is CH2Ge2O6Zn. The fraction of sp³-hybridized carbons (Fsp3) is 0. The van der Waals surface area contributed by atoms with Crippen LogP contribution in [-0.2, 0) is 36.6 Å². The molecule has 0 saturated heterocycles. The zero-order valence-corrected chi connectivity index (χ0v) is 12.6. The van der Waals surface area contributed by atoms with E-state index < -0.39 is 31.4 Å². The Morgan fingerprint density at radius 1 is 1.00 bits per heavy atom. The van der Waals surface area contributed by atoms with Crippen molar-refractivity contribution in [3.63, 3.8) is 0 Å². The van der Waals surface area contributed by atoms with E-state index in [1.165, 1.54) is 0 Å². The maximum Gasteiger partial charge on any atom is 2.00 e. The van der Waals surface area contributed by atoms with E-state index in [0.29, 0.717) is 0 Å². The molecule has 0 N–H and O–H groups in total. The molecule has 0 aromatic heterocycles. The first-order valence-corrected chi connectivity index (χ1v) is 5.31. The van der Waals surface area contributed by atoms with E-state index in [9.17, 15) is 0 Å². The van der Waals surface area contributed by atoms with Crippen molar-refractivity contribution >= 4 is 37.6 Å². The van der Waals surface area contributed by atoms with Gasteiger partial charge in [-0.15, -0.1) is 0 Å². The van der Waals surface area contributed by atoms with E-state index in [4.69, 9.17) is 25.4 Å². The third-order valence-corrected chi connectivity index (χ3v) is 0. The second-order valence-corrected chi connectivity index (χ2v) is 1.08. The van der Waals surface area contributed by atoms with Gasteiger partial charge in [-0.05, 0) is 0 Å². The average Bonchev–Trinajstić information content (AvgIpc) is 1.70. The summed E-state index contributed by atoms with van der Waals surface area (Å²) in [6, 6.07) is 0. The van der Waals surface area contributed by atoms with Crippen LogP contribution in [-0.4, -0.2) is 37.6 Å². The zero-order chi connectivity index (χ0) is 8.12. The minimum Gasteiger partial charge on any atom is 2.00 e. The van der Waals surface area contributed by atoms with Gasteiger partial charge in [0.2, 0.25) is 0 Å². The van der Waals surface area contributed by atoms with E-state index >= 15 is 0 Å². The van der Waals surface area contributed by atoms with Crippen molar-refractivity contribution in [3.8, 4) is 0 Å². The van der Waals surface area contributed by atoms with Crippen LogP contribution in [0.1, 0.15) is 0 Å². The van der Waals surface area contributed by atoms with Gasteiger partial charge in [0.1, 0.15) is 0 Å². The summed E-state index contributed by atoms with van der Waals surface area (Å²) < 4.78 is 34.1. The second-order valence-electron chi connectivity index (χ2n) is 0.276. The summed E-state index contributed by atoms with van der Waals surface area (Å²) in [7, 11) is 0. The van der Waals surface area contributed by atoms with Gasteiger partial charge in [0, 0.05) is 0 Å². The number of carbonyl (C=O) groups excluding carboxylic acids is 2. The summed E-state index contributed by atoms with van der Waals surface area (Å²) in [6.45, 7) is 0. The molecule has 0 aliphatic heterocycles. The van der Waals surface area contributed by atoms with Crippen LogP contribution in [0.3, 0.4) is 0 Å². The molecule has 10 heavy (non-hydrogen) atoms. The fourth-order valence-corrected chi connectivity index (χ4v) is 0. The first-order valence-electron chi connectivity index (χ1n) is 1.35. The van der Waals surface area contributed by atoms with Gasteiger partial charge in [0.25, 0.3) is 0 Å². The van der Waals surface area contributed by atoms with Crippen LogP contribution in [0.25, 0.3) is 0 Å². The molecule has 0 aliphatic rings. The normalized spacial score (nSPS) is 3.20. The maximum absolute atomic E-state index is 8.53. The van der Waals surface area contributed by atoms with Gasteiger partial charge in [-0.3, -0.25) is 0 Å². The minimum atomic E-state index is -2.19. The molecule has 0 aliphatic carbocycles.